The Morgan fingerprint density at radius 1 is 1.41 bits per heavy atom. The van der Waals surface area contributed by atoms with Gasteiger partial charge in [-0.25, -0.2) is 8.42 Å². The Balaban J connectivity index is 2.36. The van der Waals surface area contributed by atoms with E-state index < -0.39 is 9.84 Å². The zero-order valence-electron chi connectivity index (χ0n) is 11.1. The third kappa shape index (κ3) is 4.94. The molecule has 1 saturated carbocycles. The van der Waals surface area contributed by atoms with E-state index in [1.165, 1.54) is 12.8 Å². The number of hydrogen-bond donors (Lipinski definition) is 1. The minimum Gasteiger partial charge on any atom is -0.380 e. The van der Waals surface area contributed by atoms with Crippen molar-refractivity contribution in [3.05, 3.63) is 0 Å². The third-order valence-corrected chi connectivity index (χ3v) is 5.33. The number of nitrogens with one attached hydrogen (secondary N) is 1. The van der Waals surface area contributed by atoms with Gasteiger partial charge in [0.05, 0.1) is 11.9 Å². The van der Waals surface area contributed by atoms with Crippen molar-refractivity contribution in [2.45, 2.75) is 44.8 Å². The SMILES string of the molecule is CCS(=O)(=O)CCCC(NC)C(OC)C1CC1. The molecule has 2 atom stereocenters. The Hall–Kier alpha value is -0.130. The lowest BCUT2D eigenvalue weighted by molar-refractivity contribution is 0.0506. The van der Waals surface area contributed by atoms with Crippen LogP contribution in [0.15, 0.2) is 0 Å². The molecule has 0 aromatic heterocycles. The Bertz CT molecular complexity index is 312. The number of ether oxygens (including phenoxy) is 1. The highest BCUT2D eigenvalue weighted by Crippen LogP contribution is 2.36. The van der Waals surface area contributed by atoms with Crippen LogP contribution in [0, 0.1) is 5.92 Å². The van der Waals surface area contributed by atoms with E-state index in [1.54, 1.807) is 14.0 Å². The molecule has 17 heavy (non-hydrogen) atoms. The van der Waals surface area contributed by atoms with Gasteiger partial charge in [-0.2, -0.15) is 0 Å². The van der Waals surface area contributed by atoms with Gasteiger partial charge < -0.3 is 10.1 Å². The fraction of sp³-hybridized carbons (Fsp3) is 1.00. The summed E-state index contributed by atoms with van der Waals surface area (Å²) in [5.41, 5.74) is 0. The molecule has 0 heterocycles. The van der Waals surface area contributed by atoms with Crippen molar-refractivity contribution in [2.24, 2.45) is 5.92 Å². The lowest BCUT2D eigenvalue weighted by atomic mass is 10.0. The summed E-state index contributed by atoms with van der Waals surface area (Å²) < 4.78 is 28.3. The first-order valence-electron chi connectivity index (χ1n) is 6.44. The topological polar surface area (TPSA) is 55.4 Å². The molecule has 4 nitrogen and oxygen atoms in total. The number of rotatable bonds is 9. The number of likely N-dealkylation sites (N-methyl/N-ethyl adjacent to an activating group) is 1. The highest BCUT2D eigenvalue weighted by molar-refractivity contribution is 7.91. The minimum atomic E-state index is -2.83. The first-order valence-corrected chi connectivity index (χ1v) is 8.26. The Morgan fingerprint density at radius 3 is 2.47 bits per heavy atom. The van der Waals surface area contributed by atoms with E-state index in [4.69, 9.17) is 4.74 Å². The summed E-state index contributed by atoms with van der Waals surface area (Å²) in [7, 11) is 0.841. The Labute approximate surface area is 105 Å². The van der Waals surface area contributed by atoms with E-state index in [1.807, 2.05) is 7.05 Å². The van der Waals surface area contributed by atoms with Crippen LogP contribution < -0.4 is 5.32 Å². The maximum absolute atomic E-state index is 11.4. The average molecular weight is 263 g/mol. The van der Waals surface area contributed by atoms with Gasteiger partial charge in [0.1, 0.15) is 9.84 Å². The Kier molecular flexibility index (Phi) is 5.89. The third-order valence-electron chi connectivity index (χ3n) is 3.54. The fourth-order valence-electron chi connectivity index (χ4n) is 2.25. The van der Waals surface area contributed by atoms with Crippen molar-refractivity contribution in [1.29, 1.82) is 0 Å². The van der Waals surface area contributed by atoms with Crippen molar-refractivity contribution in [3.63, 3.8) is 0 Å². The van der Waals surface area contributed by atoms with E-state index in [-0.39, 0.29) is 17.9 Å². The quantitative estimate of drug-likeness (QED) is 0.679. The summed E-state index contributed by atoms with van der Waals surface area (Å²) >= 11 is 0. The summed E-state index contributed by atoms with van der Waals surface area (Å²) in [5, 5.41) is 3.26. The number of methoxy groups -OCH3 is 1. The predicted octanol–water partition coefficient (Wildman–Crippen LogP) is 1.21. The van der Waals surface area contributed by atoms with Gasteiger partial charge in [-0.3, -0.25) is 0 Å². The largest absolute Gasteiger partial charge is 0.380 e. The highest BCUT2D eigenvalue weighted by Gasteiger charge is 2.35. The molecule has 0 radical (unpaired) electrons. The molecule has 0 bridgehead atoms. The zero-order chi connectivity index (χ0) is 12.9. The van der Waals surface area contributed by atoms with Gasteiger partial charge in [-0.1, -0.05) is 6.92 Å². The molecule has 1 aliphatic rings. The van der Waals surface area contributed by atoms with Crippen LogP contribution in [-0.4, -0.2) is 46.2 Å². The molecule has 2 unspecified atom stereocenters. The smallest absolute Gasteiger partial charge is 0.150 e. The predicted molar refractivity (Wildman–Crippen MR) is 69.9 cm³/mol. The maximum atomic E-state index is 11.4. The van der Waals surface area contributed by atoms with E-state index in [9.17, 15) is 8.42 Å². The molecule has 1 fully saturated rings. The van der Waals surface area contributed by atoms with E-state index >= 15 is 0 Å². The minimum absolute atomic E-state index is 0.240. The molecule has 1 rings (SSSR count). The monoisotopic (exact) mass is 263 g/mol. The van der Waals surface area contributed by atoms with Crippen molar-refractivity contribution >= 4 is 9.84 Å². The molecule has 5 heteroatoms. The first kappa shape index (κ1) is 14.9. The standard InChI is InChI=1S/C12H25NO3S/c1-4-17(14,15)9-5-6-11(13-2)12(16-3)10-7-8-10/h10-13H,4-9H2,1-3H3. The van der Waals surface area contributed by atoms with Gasteiger partial charge in [-0.05, 0) is 38.6 Å². The van der Waals surface area contributed by atoms with E-state index in [2.05, 4.69) is 5.32 Å². The van der Waals surface area contributed by atoms with Crippen LogP contribution in [0.2, 0.25) is 0 Å². The summed E-state index contributed by atoms with van der Waals surface area (Å²) in [5.74, 6) is 1.20. The van der Waals surface area contributed by atoms with Crippen molar-refractivity contribution in [1.82, 2.24) is 5.32 Å². The molecule has 1 N–H and O–H groups in total. The lowest BCUT2D eigenvalue weighted by Gasteiger charge is -2.25. The normalized spacial score (nSPS) is 20.2. The van der Waals surface area contributed by atoms with E-state index in [0.717, 1.165) is 6.42 Å². The summed E-state index contributed by atoms with van der Waals surface area (Å²) in [6.07, 6.45) is 4.30. The molecule has 0 aromatic carbocycles. The van der Waals surface area contributed by atoms with Crippen LogP contribution in [0.5, 0.6) is 0 Å². The van der Waals surface area contributed by atoms with Gasteiger partial charge in [0.2, 0.25) is 0 Å². The van der Waals surface area contributed by atoms with Gasteiger partial charge in [-0.15, -0.1) is 0 Å². The Morgan fingerprint density at radius 2 is 2.06 bits per heavy atom. The van der Waals surface area contributed by atoms with Crippen LogP contribution >= 0.6 is 0 Å². The number of sulfone groups is 1. The van der Waals surface area contributed by atoms with Gasteiger partial charge in [0.25, 0.3) is 0 Å². The van der Waals surface area contributed by atoms with Gasteiger partial charge in [0.15, 0.2) is 0 Å². The van der Waals surface area contributed by atoms with Crippen molar-refractivity contribution in [3.8, 4) is 0 Å². The molecule has 0 saturated heterocycles. The summed E-state index contributed by atoms with van der Waals surface area (Å²) in [6, 6.07) is 0.277. The van der Waals surface area contributed by atoms with Crippen LogP contribution in [0.1, 0.15) is 32.6 Å². The number of hydrogen-bond acceptors (Lipinski definition) is 4. The molecule has 102 valence electrons. The second-order valence-corrected chi connectivity index (χ2v) is 7.28. The van der Waals surface area contributed by atoms with Gasteiger partial charge >= 0.3 is 0 Å². The molecule has 0 spiro atoms. The van der Waals surface area contributed by atoms with Crippen LogP contribution in [0.25, 0.3) is 0 Å². The molecular formula is C12H25NO3S. The van der Waals surface area contributed by atoms with Crippen molar-refractivity contribution in [2.75, 3.05) is 25.7 Å². The zero-order valence-corrected chi connectivity index (χ0v) is 11.9. The lowest BCUT2D eigenvalue weighted by Crippen LogP contribution is -2.40. The summed E-state index contributed by atoms with van der Waals surface area (Å²) in [4.78, 5) is 0. The first-order chi connectivity index (χ1) is 8.04. The van der Waals surface area contributed by atoms with Crippen LogP contribution in [-0.2, 0) is 14.6 Å². The molecule has 0 aromatic rings. The second-order valence-electron chi connectivity index (χ2n) is 4.81. The molecule has 0 amide bonds. The molecular weight excluding hydrogens is 238 g/mol. The maximum Gasteiger partial charge on any atom is 0.150 e. The molecule has 0 aliphatic heterocycles. The summed E-state index contributed by atoms with van der Waals surface area (Å²) in [6.45, 7) is 1.70. The fourth-order valence-corrected chi connectivity index (χ4v) is 3.15. The van der Waals surface area contributed by atoms with Gasteiger partial charge in [0, 0.05) is 18.9 Å². The van der Waals surface area contributed by atoms with Crippen LogP contribution in [0.3, 0.4) is 0 Å². The average Bonchev–Trinajstić information content (AvgIpc) is 3.12. The molecule has 1 aliphatic carbocycles. The van der Waals surface area contributed by atoms with Crippen LogP contribution in [0.4, 0.5) is 0 Å². The highest BCUT2D eigenvalue weighted by atomic mass is 32.2. The second kappa shape index (κ2) is 6.71. The van der Waals surface area contributed by atoms with E-state index in [0.29, 0.717) is 18.1 Å². The van der Waals surface area contributed by atoms with Crippen molar-refractivity contribution < 1.29 is 13.2 Å².